The van der Waals surface area contributed by atoms with E-state index in [1.807, 2.05) is 18.2 Å². The van der Waals surface area contributed by atoms with Crippen LogP contribution >= 0.6 is 11.6 Å². The predicted molar refractivity (Wildman–Crippen MR) is 115 cm³/mol. The third-order valence-corrected chi connectivity index (χ3v) is 4.61. The Kier molecular flexibility index (Phi) is 5.32. The summed E-state index contributed by atoms with van der Waals surface area (Å²) in [6, 6.07) is 22.5. The van der Waals surface area contributed by atoms with Gasteiger partial charge < -0.3 is 14.9 Å². The molecule has 0 amide bonds. The van der Waals surface area contributed by atoms with E-state index >= 15 is 0 Å². The van der Waals surface area contributed by atoms with Gasteiger partial charge in [-0.05, 0) is 41.8 Å². The summed E-state index contributed by atoms with van der Waals surface area (Å²) >= 11 is 6.11. The van der Waals surface area contributed by atoms with E-state index in [4.69, 9.17) is 16.3 Å². The van der Waals surface area contributed by atoms with E-state index < -0.39 is 11.7 Å². The van der Waals surface area contributed by atoms with Crippen LogP contribution in [0.5, 0.6) is 17.2 Å². The van der Waals surface area contributed by atoms with Crippen LogP contribution in [-0.4, -0.2) is 16.2 Å². The minimum atomic E-state index is -1.26. The predicted octanol–water partition coefficient (Wildman–Crippen LogP) is 7.10. The minimum absolute atomic E-state index is 0.0520. The zero-order valence-electron chi connectivity index (χ0n) is 15.5. The summed E-state index contributed by atoms with van der Waals surface area (Å²) in [6.45, 7) is 0. The Bertz CT molecular complexity index is 1270. The lowest BCUT2D eigenvalue weighted by Crippen LogP contribution is -1.97. The molecule has 4 rings (SSSR count). The minimum Gasteiger partial charge on any atom is -0.505 e. The maximum atomic E-state index is 11.5. The zero-order valence-corrected chi connectivity index (χ0v) is 16.2. The average molecular weight is 419 g/mol. The highest BCUT2D eigenvalue weighted by Gasteiger charge is 2.17. The number of aromatic carboxylic acids is 1. The number of hydrogen-bond donors (Lipinski definition) is 2. The van der Waals surface area contributed by atoms with Gasteiger partial charge in [0.25, 0.3) is 0 Å². The molecule has 0 atom stereocenters. The molecule has 7 heteroatoms. The van der Waals surface area contributed by atoms with Crippen LogP contribution < -0.4 is 4.74 Å². The second kappa shape index (κ2) is 8.23. The van der Waals surface area contributed by atoms with Crippen LogP contribution in [0.4, 0.5) is 11.4 Å². The van der Waals surface area contributed by atoms with Gasteiger partial charge in [0.2, 0.25) is 0 Å². The topological polar surface area (TPSA) is 91.5 Å². The molecule has 0 aliphatic rings. The molecule has 6 nitrogen and oxygen atoms in total. The average Bonchev–Trinajstić information content (AvgIpc) is 2.75. The van der Waals surface area contributed by atoms with Gasteiger partial charge in [0.1, 0.15) is 22.7 Å². The van der Waals surface area contributed by atoms with Crippen molar-refractivity contribution in [1.29, 1.82) is 0 Å². The Morgan fingerprint density at radius 3 is 2.40 bits per heavy atom. The molecular weight excluding hydrogens is 404 g/mol. The maximum absolute atomic E-state index is 11.5. The molecule has 0 aromatic heterocycles. The van der Waals surface area contributed by atoms with E-state index in [1.165, 1.54) is 6.07 Å². The van der Waals surface area contributed by atoms with E-state index in [2.05, 4.69) is 10.2 Å². The Hall–Kier alpha value is -3.90. The summed E-state index contributed by atoms with van der Waals surface area (Å²) in [6.07, 6.45) is 0. The van der Waals surface area contributed by atoms with Gasteiger partial charge in [0.05, 0.1) is 0 Å². The van der Waals surface area contributed by atoms with Crippen molar-refractivity contribution in [1.82, 2.24) is 0 Å². The van der Waals surface area contributed by atoms with E-state index in [9.17, 15) is 15.0 Å². The first-order valence-corrected chi connectivity index (χ1v) is 9.33. The number of benzene rings is 4. The largest absolute Gasteiger partial charge is 0.505 e. The highest BCUT2D eigenvalue weighted by atomic mass is 35.5. The lowest BCUT2D eigenvalue weighted by Gasteiger charge is -2.09. The Balaban J connectivity index is 1.81. The Morgan fingerprint density at radius 1 is 0.900 bits per heavy atom. The Morgan fingerprint density at radius 2 is 1.63 bits per heavy atom. The molecule has 0 radical (unpaired) electrons. The number of hydrogen-bond acceptors (Lipinski definition) is 5. The monoisotopic (exact) mass is 418 g/mol. The number of ether oxygens (including phenoxy) is 1. The van der Waals surface area contributed by atoms with E-state index in [1.54, 1.807) is 54.6 Å². The van der Waals surface area contributed by atoms with Crippen molar-refractivity contribution >= 4 is 39.7 Å². The zero-order chi connectivity index (χ0) is 21.1. The van der Waals surface area contributed by atoms with Crippen LogP contribution in [0, 0.1) is 0 Å². The molecule has 148 valence electrons. The van der Waals surface area contributed by atoms with Crippen molar-refractivity contribution in [3.05, 3.63) is 89.4 Å². The molecule has 0 bridgehead atoms. The number of phenols is 1. The fourth-order valence-electron chi connectivity index (χ4n) is 2.96. The van der Waals surface area contributed by atoms with E-state index in [-0.39, 0.29) is 11.3 Å². The molecule has 0 saturated carbocycles. The molecule has 0 fully saturated rings. The third-order valence-electron chi connectivity index (χ3n) is 4.38. The maximum Gasteiger partial charge on any atom is 0.339 e. The molecule has 0 aliphatic carbocycles. The molecule has 0 unspecified atom stereocenters. The van der Waals surface area contributed by atoms with E-state index in [0.717, 1.165) is 0 Å². The number of aromatic hydroxyl groups is 1. The number of carboxylic acid groups (broad SMARTS) is 1. The van der Waals surface area contributed by atoms with Crippen LogP contribution in [0.25, 0.3) is 10.8 Å². The summed E-state index contributed by atoms with van der Waals surface area (Å²) in [5.74, 6) is -0.701. The number of carbonyl (C=O) groups is 1. The van der Waals surface area contributed by atoms with Crippen molar-refractivity contribution in [2.75, 3.05) is 0 Å². The van der Waals surface area contributed by atoms with Crippen LogP contribution in [0.15, 0.2) is 89.1 Å². The van der Waals surface area contributed by atoms with Gasteiger partial charge in [-0.15, -0.1) is 10.2 Å². The second-order valence-corrected chi connectivity index (χ2v) is 6.81. The van der Waals surface area contributed by atoms with Crippen molar-refractivity contribution in [2.24, 2.45) is 10.2 Å². The first-order valence-electron chi connectivity index (χ1n) is 8.95. The molecule has 30 heavy (non-hydrogen) atoms. The summed E-state index contributed by atoms with van der Waals surface area (Å²) in [7, 11) is 0. The molecular formula is C23H15ClN2O4. The second-order valence-electron chi connectivity index (χ2n) is 6.37. The lowest BCUT2D eigenvalue weighted by molar-refractivity contribution is 0.0694. The smallest absolute Gasteiger partial charge is 0.339 e. The van der Waals surface area contributed by atoms with Crippen molar-refractivity contribution in [2.45, 2.75) is 0 Å². The van der Waals surface area contributed by atoms with Gasteiger partial charge in [-0.25, -0.2) is 4.79 Å². The first-order chi connectivity index (χ1) is 14.5. The number of fused-ring (bicyclic) bond motifs is 1. The van der Waals surface area contributed by atoms with Crippen LogP contribution in [0.2, 0.25) is 5.02 Å². The molecule has 4 aromatic rings. The van der Waals surface area contributed by atoms with Crippen molar-refractivity contribution < 1.29 is 19.7 Å². The normalized spacial score (nSPS) is 11.1. The highest BCUT2D eigenvalue weighted by molar-refractivity contribution is 6.30. The fourth-order valence-corrected chi connectivity index (χ4v) is 3.12. The molecule has 2 N–H and O–H groups in total. The molecule has 0 aliphatic heterocycles. The van der Waals surface area contributed by atoms with E-state index in [0.29, 0.717) is 33.0 Å². The van der Waals surface area contributed by atoms with Crippen LogP contribution in [0.3, 0.4) is 0 Å². The van der Waals surface area contributed by atoms with Gasteiger partial charge in [0.15, 0.2) is 11.5 Å². The number of rotatable bonds is 5. The summed E-state index contributed by atoms with van der Waals surface area (Å²) in [4.78, 5) is 11.5. The van der Waals surface area contributed by atoms with Crippen LogP contribution in [0.1, 0.15) is 10.4 Å². The van der Waals surface area contributed by atoms with Gasteiger partial charge in [-0.3, -0.25) is 0 Å². The summed E-state index contributed by atoms with van der Waals surface area (Å²) in [5, 5.41) is 29.9. The number of nitrogens with zero attached hydrogens (tertiary/aromatic N) is 2. The molecule has 0 heterocycles. The Labute approximate surface area is 176 Å². The standard InChI is InChI=1S/C23H15ClN2O4/c24-15-10-11-20(30-16-7-2-1-3-8-16)19(13-15)25-26-21-17-9-5-4-6-14(17)12-18(22(21)27)23(28)29/h1-13,27H,(H,28,29)/b26-25+. The quantitative estimate of drug-likeness (QED) is 0.338. The van der Waals surface area contributed by atoms with Gasteiger partial charge in [0, 0.05) is 10.4 Å². The van der Waals surface area contributed by atoms with Gasteiger partial charge in [-0.1, -0.05) is 54.1 Å². The highest BCUT2D eigenvalue weighted by Crippen LogP contribution is 2.41. The fraction of sp³-hybridized carbons (Fsp3) is 0. The molecule has 4 aromatic carbocycles. The number of carboxylic acids is 1. The summed E-state index contributed by atoms with van der Waals surface area (Å²) in [5.41, 5.74) is 0.126. The number of azo groups is 1. The van der Waals surface area contributed by atoms with Crippen molar-refractivity contribution in [3.8, 4) is 17.2 Å². The number of halogens is 1. The third kappa shape index (κ3) is 3.94. The van der Waals surface area contributed by atoms with Crippen molar-refractivity contribution in [3.63, 3.8) is 0 Å². The van der Waals surface area contributed by atoms with Crippen LogP contribution in [-0.2, 0) is 0 Å². The van der Waals surface area contributed by atoms with Gasteiger partial charge >= 0.3 is 5.97 Å². The molecule has 0 saturated heterocycles. The summed E-state index contributed by atoms with van der Waals surface area (Å²) < 4.78 is 5.86. The lowest BCUT2D eigenvalue weighted by atomic mass is 10.0. The van der Waals surface area contributed by atoms with Gasteiger partial charge in [-0.2, -0.15) is 0 Å². The molecule has 0 spiro atoms. The number of para-hydroxylation sites is 1. The SMILES string of the molecule is O=C(O)c1cc2ccccc2c(/N=N/c2cc(Cl)ccc2Oc2ccccc2)c1O. The first kappa shape index (κ1) is 19.4.